The van der Waals surface area contributed by atoms with Gasteiger partial charge in [0.15, 0.2) is 0 Å². The first-order valence-electron chi connectivity index (χ1n) is 7.14. The minimum Gasteiger partial charge on any atom is -0.349 e. The van der Waals surface area contributed by atoms with Crippen molar-refractivity contribution in [3.05, 3.63) is 28.8 Å². The third kappa shape index (κ3) is 3.30. The zero-order valence-corrected chi connectivity index (χ0v) is 12.9. The molecule has 1 aromatic rings. The van der Waals surface area contributed by atoms with E-state index in [2.05, 4.69) is 16.7 Å². The van der Waals surface area contributed by atoms with Crippen molar-refractivity contribution in [3.63, 3.8) is 0 Å². The van der Waals surface area contributed by atoms with Crippen molar-refractivity contribution in [2.45, 2.75) is 30.2 Å². The molecule has 3 nitrogen and oxygen atoms in total. The van der Waals surface area contributed by atoms with Gasteiger partial charge in [0.1, 0.15) is 0 Å². The van der Waals surface area contributed by atoms with E-state index in [4.69, 9.17) is 11.6 Å². The number of carbonyl (C=O) groups excluding carboxylic acids is 1. The Bertz CT molecular complexity index is 503. The summed E-state index contributed by atoms with van der Waals surface area (Å²) >= 11 is 7.93. The highest BCUT2D eigenvalue weighted by molar-refractivity contribution is 7.99. The summed E-state index contributed by atoms with van der Waals surface area (Å²) < 4.78 is 0. The fourth-order valence-corrected chi connectivity index (χ4v) is 4.21. The summed E-state index contributed by atoms with van der Waals surface area (Å²) in [4.78, 5) is 13.4. The summed E-state index contributed by atoms with van der Waals surface area (Å²) in [5.41, 5.74) is 1.17. The highest BCUT2D eigenvalue weighted by Gasteiger charge is 2.24. The van der Waals surface area contributed by atoms with E-state index in [1.165, 1.54) is 10.5 Å². The number of rotatable bonds is 3. The van der Waals surface area contributed by atoms with E-state index in [9.17, 15) is 4.79 Å². The standard InChI is InChI=1S/C15H19ClN2OS/c16-11-1-2-14-12(8-11)13(4-6-20-14)18-15(19)7-10-3-5-17-9-10/h1-2,8,10,13,17H,3-7,9H2,(H,18,19). The molecule has 2 aliphatic heterocycles. The molecule has 2 heterocycles. The van der Waals surface area contributed by atoms with Crippen LogP contribution in [0.5, 0.6) is 0 Å². The summed E-state index contributed by atoms with van der Waals surface area (Å²) in [6.45, 7) is 2.01. The average molecular weight is 311 g/mol. The topological polar surface area (TPSA) is 41.1 Å². The van der Waals surface area contributed by atoms with Crippen LogP contribution in [0, 0.1) is 5.92 Å². The molecule has 2 unspecified atom stereocenters. The molecule has 0 saturated carbocycles. The number of hydrogen-bond acceptors (Lipinski definition) is 3. The second-order valence-corrected chi connectivity index (χ2v) is 7.08. The van der Waals surface area contributed by atoms with E-state index >= 15 is 0 Å². The number of thioether (sulfide) groups is 1. The molecule has 0 radical (unpaired) electrons. The Kier molecular flexibility index (Phi) is 4.54. The molecule has 108 valence electrons. The van der Waals surface area contributed by atoms with Gasteiger partial charge in [-0.3, -0.25) is 4.79 Å². The van der Waals surface area contributed by atoms with Crippen LogP contribution in [0.2, 0.25) is 5.02 Å². The second-order valence-electron chi connectivity index (χ2n) is 5.50. The van der Waals surface area contributed by atoms with Gasteiger partial charge >= 0.3 is 0 Å². The van der Waals surface area contributed by atoms with Crippen LogP contribution in [0.3, 0.4) is 0 Å². The van der Waals surface area contributed by atoms with Gasteiger partial charge in [0.25, 0.3) is 0 Å². The van der Waals surface area contributed by atoms with E-state index < -0.39 is 0 Å². The van der Waals surface area contributed by atoms with Crippen molar-refractivity contribution < 1.29 is 4.79 Å². The van der Waals surface area contributed by atoms with Crippen LogP contribution >= 0.6 is 23.4 Å². The maximum atomic E-state index is 12.2. The van der Waals surface area contributed by atoms with E-state index in [0.717, 1.165) is 36.7 Å². The van der Waals surface area contributed by atoms with Crippen molar-refractivity contribution in [2.75, 3.05) is 18.8 Å². The maximum absolute atomic E-state index is 12.2. The molecule has 2 atom stereocenters. The van der Waals surface area contributed by atoms with Crippen molar-refractivity contribution in [1.29, 1.82) is 0 Å². The first kappa shape index (κ1) is 14.2. The van der Waals surface area contributed by atoms with Crippen LogP contribution < -0.4 is 10.6 Å². The predicted molar refractivity (Wildman–Crippen MR) is 83.3 cm³/mol. The number of carbonyl (C=O) groups is 1. The monoisotopic (exact) mass is 310 g/mol. The fraction of sp³-hybridized carbons (Fsp3) is 0.533. The van der Waals surface area contributed by atoms with Gasteiger partial charge in [-0.1, -0.05) is 11.6 Å². The largest absolute Gasteiger partial charge is 0.349 e. The van der Waals surface area contributed by atoms with Gasteiger partial charge in [-0.15, -0.1) is 11.8 Å². The number of amides is 1. The summed E-state index contributed by atoms with van der Waals surface area (Å²) in [5.74, 6) is 1.71. The lowest BCUT2D eigenvalue weighted by Gasteiger charge is -2.26. The van der Waals surface area contributed by atoms with Crippen LogP contribution in [0.15, 0.2) is 23.1 Å². The van der Waals surface area contributed by atoms with Crippen LogP contribution in [0.1, 0.15) is 30.9 Å². The van der Waals surface area contributed by atoms with E-state index in [-0.39, 0.29) is 11.9 Å². The Balaban J connectivity index is 1.66. The van der Waals surface area contributed by atoms with E-state index in [1.54, 1.807) is 0 Å². The van der Waals surface area contributed by atoms with Crippen molar-refractivity contribution in [1.82, 2.24) is 10.6 Å². The predicted octanol–water partition coefficient (Wildman–Crippen LogP) is 2.99. The SMILES string of the molecule is O=C(CC1CCNC1)NC1CCSc2ccc(Cl)cc21. The summed E-state index contributed by atoms with van der Waals surface area (Å²) in [7, 11) is 0. The van der Waals surface area contributed by atoms with Gasteiger partial charge in [-0.2, -0.15) is 0 Å². The lowest BCUT2D eigenvalue weighted by atomic mass is 10.0. The zero-order valence-electron chi connectivity index (χ0n) is 11.3. The van der Waals surface area contributed by atoms with Gasteiger partial charge < -0.3 is 10.6 Å². The molecule has 1 saturated heterocycles. The molecular formula is C15H19ClN2OS. The molecule has 1 amide bonds. The van der Waals surface area contributed by atoms with Crippen molar-refractivity contribution >= 4 is 29.3 Å². The smallest absolute Gasteiger partial charge is 0.220 e. The first-order valence-corrected chi connectivity index (χ1v) is 8.51. The lowest BCUT2D eigenvalue weighted by molar-refractivity contribution is -0.122. The molecule has 5 heteroatoms. The molecule has 2 N–H and O–H groups in total. The van der Waals surface area contributed by atoms with Gasteiger partial charge in [0, 0.05) is 22.1 Å². The van der Waals surface area contributed by atoms with Crippen molar-refractivity contribution in [2.24, 2.45) is 5.92 Å². The normalized spacial score (nSPS) is 25.2. The Labute approximate surface area is 128 Å². The second kappa shape index (κ2) is 6.37. The number of nitrogens with one attached hydrogen (secondary N) is 2. The molecule has 1 aromatic carbocycles. The molecule has 1 fully saturated rings. The van der Waals surface area contributed by atoms with Gasteiger partial charge in [-0.25, -0.2) is 0 Å². The van der Waals surface area contributed by atoms with Gasteiger partial charge in [-0.05, 0) is 55.6 Å². The molecule has 0 spiro atoms. The number of fused-ring (bicyclic) bond motifs is 1. The number of benzene rings is 1. The number of hydrogen-bond donors (Lipinski definition) is 2. The minimum atomic E-state index is 0.117. The quantitative estimate of drug-likeness (QED) is 0.902. The third-order valence-electron chi connectivity index (χ3n) is 3.98. The van der Waals surface area contributed by atoms with Crippen LogP contribution in [0.25, 0.3) is 0 Å². The third-order valence-corrected chi connectivity index (χ3v) is 5.34. The lowest BCUT2D eigenvalue weighted by Crippen LogP contribution is -2.32. The van der Waals surface area contributed by atoms with Crippen LogP contribution in [0.4, 0.5) is 0 Å². The Morgan fingerprint density at radius 1 is 1.45 bits per heavy atom. The number of halogens is 1. The highest BCUT2D eigenvalue weighted by atomic mass is 35.5. The zero-order chi connectivity index (χ0) is 13.9. The fourth-order valence-electron chi connectivity index (χ4n) is 2.92. The molecule has 3 rings (SSSR count). The Hall–Kier alpha value is -0.710. The summed E-state index contributed by atoms with van der Waals surface area (Å²) in [6, 6.07) is 6.08. The van der Waals surface area contributed by atoms with E-state index in [1.807, 2.05) is 23.9 Å². The van der Waals surface area contributed by atoms with E-state index in [0.29, 0.717) is 12.3 Å². The minimum absolute atomic E-state index is 0.117. The molecule has 0 aromatic heterocycles. The molecule has 0 aliphatic carbocycles. The van der Waals surface area contributed by atoms with Gasteiger partial charge in [0.2, 0.25) is 5.91 Å². The molecular weight excluding hydrogens is 292 g/mol. The molecule has 0 bridgehead atoms. The first-order chi connectivity index (χ1) is 9.72. The van der Waals surface area contributed by atoms with Crippen molar-refractivity contribution in [3.8, 4) is 0 Å². The van der Waals surface area contributed by atoms with Crippen LogP contribution in [-0.2, 0) is 4.79 Å². The Morgan fingerprint density at radius 2 is 2.35 bits per heavy atom. The molecule has 2 aliphatic rings. The van der Waals surface area contributed by atoms with Crippen LogP contribution in [-0.4, -0.2) is 24.7 Å². The maximum Gasteiger partial charge on any atom is 0.220 e. The highest BCUT2D eigenvalue weighted by Crippen LogP contribution is 2.37. The summed E-state index contributed by atoms with van der Waals surface area (Å²) in [6.07, 6.45) is 2.72. The average Bonchev–Trinajstić information content (AvgIpc) is 2.92. The molecule has 20 heavy (non-hydrogen) atoms. The van der Waals surface area contributed by atoms with Gasteiger partial charge in [0.05, 0.1) is 6.04 Å². The summed E-state index contributed by atoms with van der Waals surface area (Å²) in [5, 5.41) is 7.24. The Morgan fingerprint density at radius 3 is 3.15 bits per heavy atom.